The van der Waals surface area contributed by atoms with Crippen molar-refractivity contribution in [1.82, 2.24) is 4.57 Å². The fraction of sp³-hybridized carbons (Fsp3) is 0.133. The van der Waals surface area contributed by atoms with Crippen LogP contribution in [0.4, 0.5) is 8.78 Å². The van der Waals surface area contributed by atoms with Crippen molar-refractivity contribution in [1.29, 1.82) is 0 Å². The van der Waals surface area contributed by atoms with Gasteiger partial charge in [0.05, 0.1) is 15.1 Å². The quantitative estimate of drug-likeness (QED) is 0.725. The zero-order valence-electron chi connectivity index (χ0n) is 12.0. The Kier molecular flexibility index (Phi) is 4.03. The maximum absolute atomic E-state index is 13.3. The van der Waals surface area contributed by atoms with Crippen LogP contribution in [0.1, 0.15) is 6.92 Å². The van der Waals surface area contributed by atoms with E-state index in [1.54, 1.807) is 10.6 Å². The van der Waals surface area contributed by atoms with Gasteiger partial charge in [0, 0.05) is 6.54 Å². The number of benzene rings is 2. The molecule has 3 rings (SSSR count). The lowest BCUT2D eigenvalue weighted by Gasteiger charge is -2.01. The third kappa shape index (κ3) is 3.04. The molecule has 0 unspecified atom stereocenters. The molecule has 0 bridgehead atoms. The number of thiazole rings is 1. The molecular formula is C15H12F2N2O2S2. The van der Waals surface area contributed by atoms with Gasteiger partial charge in [-0.1, -0.05) is 11.3 Å². The molecule has 0 aliphatic carbocycles. The van der Waals surface area contributed by atoms with Crippen molar-refractivity contribution >= 4 is 31.6 Å². The third-order valence-electron chi connectivity index (χ3n) is 3.27. The molecule has 2 aromatic carbocycles. The van der Waals surface area contributed by atoms with Gasteiger partial charge < -0.3 is 4.57 Å². The van der Waals surface area contributed by atoms with Crippen LogP contribution in [0, 0.1) is 11.6 Å². The van der Waals surface area contributed by atoms with E-state index in [0.717, 1.165) is 35.6 Å². The predicted octanol–water partition coefficient (Wildman–Crippen LogP) is 3.29. The largest absolute Gasteiger partial charge is 0.316 e. The Balaban J connectivity index is 2.22. The van der Waals surface area contributed by atoms with Crippen LogP contribution in [0.25, 0.3) is 10.2 Å². The molecule has 0 N–H and O–H groups in total. The number of aromatic nitrogens is 1. The van der Waals surface area contributed by atoms with Crippen LogP contribution in [0.15, 0.2) is 51.8 Å². The molecule has 0 radical (unpaired) electrons. The van der Waals surface area contributed by atoms with Gasteiger partial charge in [-0.2, -0.15) is 8.42 Å². The second-order valence-electron chi connectivity index (χ2n) is 4.76. The molecule has 8 heteroatoms. The summed E-state index contributed by atoms with van der Waals surface area (Å²) in [7, 11) is -3.97. The van der Waals surface area contributed by atoms with Crippen LogP contribution in [0.3, 0.4) is 0 Å². The summed E-state index contributed by atoms with van der Waals surface area (Å²) in [4.78, 5) is 0.155. The number of hydrogen-bond acceptors (Lipinski definition) is 3. The molecule has 0 aliphatic rings. The van der Waals surface area contributed by atoms with Crippen molar-refractivity contribution in [2.75, 3.05) is 0 Å². The molecule has 0 saturated heterocycles. The van der Waals surface area contributed by atoms with E-state index in [-0.39, 0.29) is 9.70 Å². The highest BCUT2D eigenvalue weighted by Crippen LogP contribution is 2.19. The van der Waals surface area contributed by atoms with Crippen molar-refractivity contribution in [3.63, 3.8) is 0 Å². The van der Waals surface area contributed by atoms with Gasteiger partial charge in [0.1, 0.15) is 11.6 Å². The molecular weight excluding hydrogens is 342 g/mol. The standard InChI is InChI=1S/C15H12F2N2O2S2/c1-2-19-13-8-5-11(17)9-14(13)22-15(19)18-23(20,21)12-6-3-10(16)4-7-12/h3-9H,2H2,1H3. The van der Waals surface area contributed by atoms with Gasteiger partial charge in [-0.15, -0.1) is 4.40 Å². The van der Waals surface area contributed by atoms with Crippen molar-refractivity contribution in [3.05, 3.63) is 58.9 Å². The topological polar surface area (TPSA) is 51.4 Å². The molecule has 0 spiro atoms. The molecule has 1 aromatic heterocycles. The Morgan fingerprint density at radius 1 is 1.09 bits per heavy atom. The minimum Gasteiger partial charge on any atom is -0.316 e. The summed E-state index contributed by atoms with van der Waals surface area (Å²) in [5.41, 5.74) is 0.715. The summed E-state index contributed by atoms with van der Waals surface area (Å²) in [5.74, 6) is -0.917. The van der Waals surface area contributed by atoms with Gasteiger partial charge in [-0.25, -0.2) is 8.78 Å². The maximum Gasteiger partial charge on any atom is 0.285 e. The second-order valence-corrected chi connectivity index (χ2v) is 7.37. The second kappa shape index (κ2) is 5.86. The predicted molar refractivity (Wildman–Crippen MR) is 84.6 cm³/mol. The number of fused-ring (bicyclic) bond motifs is 1. The normalized spacial score (nSPS) is 12.9. The number of rotatable bonds is 3. The number of nitrogens with zero attached hydrogens (tertiary/aromatic N) is 2. The highest BCUT2D eigenvalue weighted by molar-refractivity contribution is 7.90. The molecule has 0 aliphatic heterocycles. The highest BCUT2D eigenvalue weighted by atomic mass is 32.2. The molecule has 0 saturated carbocycles. The number of halogens is 2. The van der Waals surface area contributed by atoms with E-state index < -0.39 is 21.7 Å². The van der Waals surface area contributed by atoms with E-state index in [9.17, 15) is 17.2 Å². The highest BCUT2D eigenvalue weighted by Gasteiger charge is 2.14. The summed E-state index contributed by atoms with van der Waals surface area (Å²) in [6.07, 6.45) is 0. The molecule has 3 aromatic rings. The first kappa shape index (κ1) is 15.8. The smallest absolute Gasteiger partial charge is 0.285 e. The Labute approximate surface area is 135 Å². The Hall–Kier alpha value is -2.06. The van der Waals surface area contributed by atoms with Crippen LogP contribution in [-0.4, -0.2) is 13.0 Å². The van der Waals surface area contributed by atoms with Crippen LogP contribution in [0.2, 0.25) is 0 Å². The van der Waals surface area contributed by atoms with Crippen LogP contribution in [0.5, 0.6) is 0 Å². The van der Waals surface area contributed by atoms with Gasteiger partial charge in [0.2, 0.25) is 4.80 Å². The SMILES string of the molecule is CCn1c(=NS(=O)(=O)c2ccc(F)cc2)sc2cc(F)ccc21. The van der Waals surface area contributed by atoms with Crippen molar-refractivity contribution in [3.8, 4) is 0 Å². The minimum absolute atomic E-state index is 0.0924. The minimum atomic E-state index is -3.97. The zero-order chi connectivity index (χ0) is 16.6. The average Bonchev–Trinajstić information content (AvgIpc) is 2.82. The Bertz CT molecular complexity index is 1040. The number of sulfonamides is 1. The molecule has 1 heterocycles. The monoisotopic (exact) mass is 354 g/mol. The summed E-state index contributed by atoms with van der Waals surface area (Å²) in [6.45, 7) is 2.34. The zero-order valence-corrected chi connectivity index (χ0v) is 13.7. The van der Waals surface area contributed by atoms with Crippen molar-refractivity contribution < 1.29 is 17.2 Å². The van der Waals surface area contributed by atoms with E-state index in [2.05, 4.69) is 4.40 Å². The van der Waals surface area contributed by atoms with Gasteiger partial charge in [0.15, 0.2) is 0 Å². The van der Waals surface area contributed by atoms with E-state index in [1.807, 2.05) is 6.92 Å². The van der Waals surface area contributed by atoms with Gasteiger partial charge in [-0.3, -0.25) is 0 Å². The van der Waals surface area contributed by atoms with E-state index >= 15 is 0 Å². The number of aryl methyl sites for hydroxylation is 1. The molecule has 0 amide bonds. The molecule has 120 valence electrons. The first-order chi connectivity index (χ1) is 10.9. The average molecular weight is 354 g/mol. The van der Waals surface area contributed by atoms with Crippen LogP contribution < -0.4 is 4.80 Å². The Morgan fingerprint density at radius 2 is 1.74 bits per heavy atom. The summed E-state index contributed by atoms with van der Waals surface area (Å²) >= 11 is 1.09. The van der Waals surface area contributed by atoms with Crippen LogP contribution >= 0.6 is 11.3 Å². The van der Waals surface area contributed by atoms with E-state index in [4.69, 9.17) is 0 Å². The fourth-order valence-electron chi connectivity index (χ4n) is 2.18. The van der Waals surface area contributed by atoms with Gasteiger partial charge in [-0.05, 0) is 49.4 Å². The maximum atomic E-state index is 13.3. The first-order valence-corrected chi connectivity index (χ1v) is 9.02. The van der Waals surface area contributed by atoms with Gasteiger partial charge in [0.25, 0.3) is 10.0 Å². The lowest BCUT2D eigenvalue weighted by atomic mass is 10.3. The van der Waals surface area contributed by atoms with Gasteiger partial charge >= 0.3 is 0 Å². The van der Waals surface area contributed by atoms with E-state index in [1.165, 1.54) is 12.1 Å². The van der Waals surface area contributed by atoms with Crippen molar-refractivity contribution in [2.24, 2.45) is 4.40 Å². The third-order valence-corrected chi connectivity index (χ3v) is 5.71. The first-order valence-electron chi connectivity index (χ1n) is 6.76. The molecule has 4 nitrogen and oxygen atoms in total. The lowest BCUT2D eigenvalue weighted by Crippen LogP contribution is -2.16. The summed E-state index contributed by atoms with van der Waals surface area (Å²) in [5, 5.41) is 0. The molecule has 0 fully saturated rings. The lowest BCUT2D eigenvalue weighted by molar-refractivity contribution is 0.594. The number of hydrogen-bond donors (Lipinski definition) is 0. The van der Waals surface area contributed by atoms with E-state index in [0.29, 0.717) is 16.8 Å². The van der Waals surface area contributed by atoms with Crippen molar-refractivity contribution in [2.45, 2.75) is 18.4 Å². The summed E-state index contributed by atoms with van der Waals surface area (Å²) < 4.78 is 57.1. The molecule has 0 atom stereocenters. The fourth-order valence-corrected chi connectivity index (χ4v) is 4.51. The Morgan fingerprint density at radius 3 is 2.39 bits per heavy atom. The molecule has 23 heavy (non-hydrogen) atoms. The van der Waals surface area contributed by atoms with Crippen LogP contribution in [-0.2, 0) is 16.6 Å². The summed E-state index contributed by atoms with van der Waals surface area (Å²) in [6, 6.07) is 8.71.